The molecule has 5 nitrogen and oxygen atoms in total. The lowest BCUT2D eigenvalue weighted by Gasteiger charge is -2.18. The number of nitrogens with zero attached hydrogens (tertiary/aromatic N) is 1. The van der Waals surface area contributed by atoms with Crippen LogP contribution in [0.3, 0.4) is 0 Å². The number of hydrogen-bond acceptors (Lipinski definition) is 3. The van der Waals surface area contributed by atoms with Crippen LogP contribution in [0.4, 0.5) is 5.69 Å². The van der Waals surface area contributed by atoms with Crippen molar-refractivity contribution in [3.8, 4) is 0 Å². The third kappa shape index (κ3) is 5.85. The third-order valence-electron chi connectivity index (χ3n) is 3.22. The Morgan fingerprint density at radius 1 is 1.05 bits per heavy atom. The topological polar surface area (TPSA) is 61.4 Å². The second-order valence-electron chi connectivity index (χ2n) is 6.22. The number of anilines is 1. The molecular weight excluding hydrogens is 278 g/mol. The van der Waals surface area contributed by atoms with E-state index in [1.54, 1.807) is 11.9 Å². The molecule has 1 aromatic rings. The van der Waals surface area contributed by atoms with E-state index in [1.807, 2.05) is 46.8 Å². The Morgan fingerprint density at radius 2 is 1.55 bits per heavy atom. The second kappa shape index (κ2) is 7.94. The van der Waals surface area contributed by atoms with E-state index >= 15 is 0 Å². The predicted molar refractivity (Wildman–Crippen MR) is 90.1 cm³/mol. The molecule has 0 saturated carbocycles. The minimum atomic E-state index is -0.116. The van der Waals surface area contributed by atoms with Crippen LogP contribution in [0.1, 0.15) is 30.5 Å². The molecule has 0 aromatic heterocycles. The predicted octanol–water partition coefficient (Wildman–Crippen LogP) is 2.01. The molecule has 2 N–H and O–H groups in total. The molecule has 0 radical (unpaired) electrons. The third-order valence-corrected chi connectivity index (χ3v) is 3.22. The summed E-state index contributed by atoms with van der Waals surface area (Å²) in [6, 6.07) is 4.19. The van der Waals surface area contributed by atoms with Gasteiger partial charge in [-0.05, 0) is 52.8 Å². The van der Waals surface area contributed by atoms with Crippen molar-refractivity contribution < 1.29 is 9.59 Å². The summed E-state index contributed by atoms with van der Waals surface area (Å²) < 4.78 is 0. The normalized spacial score (nSPS) is 10.9. The SMILES string of the molecule is Cc1cc(C)c(NC(=O)CN(C)CC(=O)NC(C)C)c(C)c1. The fraction of sp³-hybridized carbons (Fsp3) is 0.529. The maximum atomic E-state index is 12.1. The molecule has 0 spiro atoms. The Balaban J connectivity index is 2.58. The Labute approximate surface area is 133 Å². The number of carbonyl (C=O) groups is 2. The zero-order valence-electron chi connectivity index (χ0n) is 14.4. The van der Waals surface area contributed by atoms with Crippen LogP contribution in [-0.2, 0) is 9.59 Å². The summed E-state index contributed by atoms with van der Waals surface area (Å²) in [6.45, 7) is 10.2. The Kier molecular flexibility index (Phi) is 6.56. The Morgan fingerprint density at radius 3 is 2.05 bits per heavy atom. The lowest BCUT2D eigenvalue weighted by molar-refractivity contribution is -0.123. The molecule has 1 aromatic carbocycles. The summed E-state index contributed by atoms with van der Waals surface area (Å²) in [5.74, 6) is -0.192. The number of rotatable bonds is 6. The molecular formula is C17H27N3O2. The molecule has 1 rings (SSSR count). The average Bonchev–Trinajstić information content (AvgIpc) is 2.31. The Bertz CT molecular complexity index is 530. The van der Waals surface area contributed by atoms with Gasteiger partial charge in [0.05, 0.1) is 13.1 Å². The van der Waals surface area contributed by atoms with Crippen molar-refractivity contribution >= 4 is 17.5 Å². The molecule has 0 unspecified atom stereocenters. The van der Waals surface area contributed by atoms with E-state index in [1.165, 1.54) is 5.56 Å². The number of amides is 2. The molecule has 0 heterocycles. The molecule has 0 saturated heterocycles. The highest BCUT2D eigenvalue weighted by Gasteiger charge is 2.13. The first kappa shape index (κ1) is 18.2. The van der Waals surface area contributed by atoms with Crippen molar-refractivity contribution in [2.24, 2.45) is 0 Å². The van der Waals surface area contributed by atoms with Crippen LogP contribution in [0.15, 0.2) is 12.1 Å². The maximum absolute atomic E-state index is 12.1. The van der Waals surface area contributed by atoms with Crippen LogP contribution >= 0.6 is 0 Å². The van der Waals surface area contributed by atoms with Crippen LogP contribution in [0.25, 0.3) is 0 Å². The van der Waals surface area contributed by atoms with Gasteiger partial charge in [0.25, 0.3) is 0 Å². The van der Waals surface area contributed by atoms with E-state index in [0.29, 0.717) is 0 Å². The average molecular weight is 305 g/mol. The van der Waals surface area contributed by atoms with Crippen molar-refractivity contribution in [1.82, 2.24) is 10.2 Å². The van der Waals surface area contributed by atoms with Gasteiger partial charge >= 0.3 is 0 Å². The molecule has 0 aliphatic carbocycles. The Hall–Kier alpha value is -1.88. The van der Waals surface area contributed by atoms with E-state index in [-0.39, 0.29) is 30.9 Å². The summed E-state index contributed by atoms with van der Waals surface area (Å²) >= 11 is 0. The smallest absolute Gasteiger partial charge is 0.238 e. The van der Waals surface area contributed by atoms with Gasteiger partial charge in [0.2, 0.25) is 11.8 Å². The van der Waals surface area contributed by atoms with Gasteiger partial charge in [0.1, 0.15) is 0 Å². The van der Waals surface area contributed by atoms with Gasteiger partial charge in [-0.25, -0.2) is 0 Å². The lowest BCUT2D eigenvalue weighted by atomic mass is 10.1. The van der Waals surface area contributed by atoms with Gasteiger partial charge in [-0.3, -0.25) is 14.5 Å². The summed E-state index contributed by atoms with van der Waals surface area (Å²) in [7, 11) is 1.76. The van der Waals surface area contributed by atoms with E-state index in [9.17, 15) is 9.59 Å². The zero-order valence-corrected chi connectivity index (χ0v) is 14.4. The largest absolute Gasteiger partial charge is 0.353 e. The minimum Gasteiger partial charge on any atom is -0.353 e. The fourth-order valence-corrected chi connectivity index (χ4v) is 2.47. The number of hydrogen-bond donors (Lipinski definition) is 2. The molecule has 0 atom stereocenters. The van der Waals surface area contributed by atoms with Gasteiger partial charge < -0.3 is 10.6 Å². The van der Waals surface area contributed by atoms with Gasteiger partial charge in [0, 0.05) is 11.7 Å². The highest BCUT2D eigenvalue weighted by molar-refractivity contribution is 5.94. The highest BCUT2D eigenvalue weighted by atomic mass is 16.2. The van der Waals surface area contributed by atoms with Gasteiger partial charge in [-0.2, -0.15) is 0 Å². The van der Waals surface area contributed by atoms with Crippen molar-refractivity contribution in [2.75, 3.05) is 25.5 Å². The number of aryl methyl sites for hydroxylation is 3. The van der Waals surface area contributed by atoms with Crippen LogP contribution in [0.2, 0.25) is 0 Å². The number of benzene rings is 1. The zero-order chi connectivity index (χ0) is 16.9. The van der Waals surface area contributed by atoms with Crippen molar-refractivity contribution in [1.29, 1.82) is 0 Å². The van der Waals surface area contributed by atoms with Crippen LogP contribution in [0.5, 0.6) is 0 Å². The molecule has 0 bridgehead atoms. The second-order valence-corrected chi connectivity index (χ2v) is 6.22. The van der Waals surface area contributed by atoms with Gasteiger partial charge in [-0.15, -0.1) is 0 Å². The van der Waals surface area contributed by atoms with E-state index in [0.717, 1.165) is 16.8 Å². The summed E-state index contributed by atoms with van der Waals surface area (Å²) in [4.78, 5) is 25.5. The first-order valence-corrected chi connectivity index (χ1v) is 7.54. The number of nitrogens with one attached hydrogen (secondary N) is 2. The molecule has 0 fully saturated rings. The monoisotopic (exact) mass is 305 g/mol. The minimum absolute atomic E-state index is 0.0759. The van der Waals surface area contributed by atoms with Crippen LogP contribution in [-0.4, -0.2) is 42.9 Å². The fourth-order valence-electron chi connectivity index (χ4n) is 2.47. The van der Waals surface area contributed by atoms with Crippen molar-refractivity contribution in [3.05, 3.63) is 28.8 Å². The van der Waals surface area contributed by atoms with E-state index in [2.05, 4.69) is 10.6 Å². The standard InChI is InChI=1S/C17H27N3O2/c1-11(2)18-15(21)9-20(6)10-16(22)19-17-13(4)7-12(3)8-14(17)5/h7-8,11H,9-10H2,1-6H3,(H,18,21)(H,19,22). The molecule has 122 valence electrons. The molecule has 2 amide bonds. The van der Waals surface area contributed by atoms with Crippen molar-refractivity contribution in [2.45, 2.75) is 40.7 Å². The number of likely N-dealkylation sites (N-methyl/N-ethyl adjacent to an activating group) is 1. The van der Waals surface area contributed by atoms with Crippen LogP contribution < -0.4 is 10.6 Å². The first-order chi connectivity index (χ1) is 10.2. The van der Waals surface area contributed by atoms with E-state index in [4.69, 9.17) is 0 Å². The van der Waals surface area contributed by atoms with Crippen LogP contribution in [0, 0.1) is 20.8 Å². The van der Waals surface area contributed by atoms with Gasteiger partial charge in [0.15, 0.2) is 0 Å². The first-order valence-electron chi connectivity index (χ1n) is 7.54. The summed E-state index contributed by atoms with van der Waals surface area (Å²) in [6.07, 6.45) is 0. The lowest BCUT2D eigenvalue weighted by Crippen LogP contribution is -2.41. The van der Waals surface area contributed by atoms with Gasteiger partial charge in [-0.1, -0.05) is 17.7 Å². The molecule has 0 aliphatic rings. The van der Waals surface area contributed by atoms with E-state index < -0.39 is 0 Å². The number of carbonyl (C=O) groups excluding carboxylic acids is 2. The maximum Gasteiger partial charge on any atom is 0.238 e. The molecule has 22 heavy (non-hydrogen) atoms. The molecule has 0 aliphatic heterocycles. The van der Waals surface area contributed by atoms with Crippen molar-refractivity contribution in [3.63, 3.8) is 0 Å². The quantitative estimate of drug-likeness (QED) is 0.845. The summed E-state index contributed by atoms with van der Waals surface area (Å²) in [5, 5.41) is 5.75. The highest BCUT2D eigenvalue weighted by Crippen LogP contribution is 2.21. The summed E-state index contributed by atoms with van der Waals surface area (Å²) in [5.41, 5.74) is 4.13. The molecule has 5 heteroatoms.